The van der Waals surface area contributed by atoms with Crippen molar-refractivity contribution in [1.29, 1.82) is 0 Å². The van der Waals surface area contributed by atoms with Crippen LogP contribution in [0.4, 0.5) is 5.69 Å². The maximum absolute atomic E-state index is 13.1. The zero-order valence-electron chi connectivity index (χ0n) is 16.9. The fourth-order valence-electron chi connectivity index (χ4n) is 3.58. The molecule has 7 nitrogen and oxygen atoms in total. The van der Waals surface area contributed by atoms with E-state index in [4.69, 9.17) is 4.42 Å². The largest absolute Gasteiger partial charge is 0.443 e. The van der Waals surface area contributed by atoms with Gasteiger partial charge >= 0.3 is 0 Å². The van der Waals surface area contributed by atoms with E-state index in [-0.39, 0.29) is 5.69 Å². The molecule has 0 saturated carbocycles. The second-order valence-electron chi connectivity index (χ2n) is 7.15. The number of carbonyl (C=O) groups excluding carboxylic acids is 2. The molecule has 156 valence electrons. The summed E-state index contributed by atoms with van der Waals surface area (Å²) in [6.07, 6.45) is 0.0595. The Labute approximate surface area is 183 Å². The number of rotatable bonds is 4. The van der Waals surface area contributed by atoms with Gasteiger partial charge in [-0.3, -0.25) is 9.59 Å². The lowest BCUT2D eigenvalue weighted by atomic mass is 10.0. The van der Waals surface area contributed by atoms with Crippen LogP contribution < -0.4 is 10.6 Å². The van der Waals surface area contributed by atoms with Gasteiger partial charge in [0, 0.05) is 16.7 Å². The molecule has 32 heavy (non-hydrogen) atoms. The fourth-order valence-corrected chi connectivity index (χ4v) is 3.58. The summed E-state index contributed by atoms with van der Waals surface area (Å²) >= 11 is 0. The van der Waals surface area contributed by atoms with Crippen molar-refractivity contribution in [1.82, 2.24) is 10.3 Å². The molecule has 0 aliphatic carbocycles. The quantitative estimate of drug-likeness (QED) is 0.522. The molecule has 2 N–H and O–H groups in total. The molecule has 1 atom stereocenters. The smallest absolute Gasteiger partial charge is 0.275 e. The summed E-state index contributed by atoms with van der Waals surface area (Å²) in [4.78, 5) is 34.7. The molecule has 1 aliphatic heterocycles. The van der Waals surface area contributed by atoms with E-state index in [1.165, 1.54) is 6.39 Å². The van der Waals surface area contributed by atoms with Gasteiger partial charge in [-0.15, -0.1) is 0 Å². The second-order valence-corrected chi connectivity index (χ2v) is 7.15. The summed E-state index contributed by atoms with van der Waals surface area (Å²) in [7, 11) is 0. The Morgan fingerprint density at radius 3 is 2.28 bits per heavy atom. The first-order valence-corrected chi connectivity index (χ1v) is 10.0. The molecular formula is C25H18N4O3. The van der Waals surface area contributed by atoms with Crippen molar-refractivity contribution in [2.75, 3.05) is 5.32 Å². The Hall–Kier alpha value is -4.52. The first-order chi connectivity index (χ1) is 15.7. The van der Waals surface area contributed by atoms with Gasteiger partial charge in [-0.2, -0.15) is 0 Å². The van der Waals surface area contributed by atoms with Gasteiger partial charge in [0.2, 0.25) is 6.17 Å². The highest BCUT2D eigenvalue weighted by atomic mass is 16.3. The van der Waals surface area contributed by atoms with Crippen LogP contribution in [-0.2, 0) is 4.79 Å². The number of carbonyl (C=O) groups is 2. The molecule has 0 fully saturated rings. The molecule has 0 unspecified atom stereocenters. The lowest BCUT2D eigenvalue weighted by Gasteiger charge is -2.13. The van der Waals surface area contributed by atoms with Crippen LogP contribution in [-0.4, -0.2) is 28.7 Å². The topological polar surface area (TPSA) is 96.6 Å². The molecule has 1 aliphatic rings. The minimum absolute atomic E-state index is 0.0854. The average molecular weight is 422 g/mol. The molecule has 0 bridgehead atoms. The van der Waals surface area contributed by atoms with Crippen molar-refractivity contribution >= 4 is 23.2 Å². The molecule has 3 aromatic carbocycles. The number of nitrogens with one attached hydrogen (secondary N) is 2. The number of benzene rings is 3. The van der Waals surface area contributed by atoms with Gasteiger partial charge in [-0.05, 0) is 6.07 Å². The standard InChI is InChI=1S/C25H18N4O3/c30-24(21-22(32-15-26-21)17-11-5-2-6-12-17)29-23-25(31)27-19-14-8-7-13-18(19)20(28-23)16-9-3-1-4-10-16/h1-15,23H,(H,27,31)(H,29,30)/t23-/m1/s1. The van der Waals surface area contributed by atoms with Gasteiger partial charge in [-0.1, -0.05) is 78.9 Å². The molecule has 4 aromatic rings. The minimum atomic E-state index is -1.15. The molecule has 7 heteroatoms. The number of fused-ring (bicyclic) bond motifs is 1. The van der Waals surface area contributed by atoms with E-state index in [0.717, 1.165) is 11.1 Å². The number of amides is 2. The summed E-state index contributed by atoms with van der Waals surface area (Å²) in [5, 5.41) is 5.55. The number of hydrogen-bond donors (Lipinski definition) is 2. The number of benzodiazepines with no additional fused rings is 1. The van der Waals surface area contributed by atoms with Crippen LogP contribution in [0.1, 0.15) is 21.6 Å². The molecule has 0 saturated heterocycles. The van der Waals surface area contributed by atoms with E-state index in [2.05, 4.69) is 20.6 Å². The Balaban J connectivity index is 1.51. The van der Waals surface area contributed by atoms with Crippen LogP contribution >= 0.6 is 0 Å². The zero-order valence-corrected chi connectivity index (χ0v) is 16.9. The van der Waals surface area contributed by atoms with E-state index >= 15 is 0 Å². The maximum Gasteiger partial charge on any atom is 0.275 e. The Kier molecular flexibility index (Phi) is 5.05. The molecule has 2 heterocycles. The van der Waals surface area contributed by atoms with Crippen LogP contribution in [0, 0.1) is 0 Å². The van der Waals surface area contributed by atoms with E-state index in [1.54, 1.807) is 6.07 Å². The highest BCUT2D eigenvalue weighted by molar-refractivity contribution is 6.20. The van der Waals surface area contributed by atoms with Crippen molar-refractivity contribution in [2.45, 2.75) is 6.17 Å². The summed E-state index contributed by atoms with van der Waals surface area (Å²) in [5.74, 6) is -0.672. The van der Waals surface area contributed by atoms with E-state index < -0.39 is 18.0 Å². The first-order valence-electron chi connectivity index (χ1n) is 10.0. The molecule has 5 rings (SSSR count). The predicted octanol–water partition coefficient (Wildman–Crippen LogP) is 3.89. The third-order valence-corrected chi connectivity index (χ3v) is 5.08. The van der Waals surface area contributed by atoms with Gasteiger partial charge in [0.05, 0.1) is 11.4 Å². The van der Waals surface area contributed by atoms with Crippen molar-refractivity contribution in [3.63, 3.8) is 0 Å². The lowest BCUT2D eigenvalue weighted by molar-refractivity contribution is -0.117. The van der Waals surface area contributed by atoms with Crippen molar-refractivity contribution in [3.05, 3.63) is 108 Å². The Bertz CT molecular complexity index is 1310. The predicted molar refractivity (Wildman–Crippen MR) is 120 cm³/mol. The average Bonchev–Trinajstić information content (AvgIpc) is 3.28. The van der Waals surface area contributed by atoms with Crippen LogP contribution in [0.15, 0.2) is 101 Å². The Morgan fingerprint density at radius 2 is 1.53 bits per heavy atom. The van der Waals surface area contributed by atoms with E-state index in [1.807, 2.05) is 78.9 Å². The Morgan fingerprint density at radius 1 is 0.875 bits per heavy atom. The summed E-state index contributed by atoms with van der Waals surface area (Å²) in [6, 6.07) is 26.1. The van der Waals surface area contributed by atoms with Crippen molar-refractivity contribution in [2.24, 2.45) is 4.99 Å². The lowest BCUT2D eigenvalue weighted by Crippen LogP contribution is -2.42. The normalized spacial score (nSPS) is 15.2. The first kappa shape index (κ1) is 19.4. The number of para-hydroxylation sites is 1. The molecule has 0 spiro atoms. The number of aliphatic imine (C=N–C) groups is 1. The fraction of sp³-hybridized carbons (Fsp3) is 0.0400. The summed E-state index contributed by atoms with van der Waals surface area (Å²) in [5.41, 5.74) is 3.64. The molecule has 1 aromatic heterocycles. The zero-order chi connectivity index (χ0) is 21.9. The molecular weight excluding hydrogens is 404 g/mol. The maximum atomic E-state index is 13.1. The van der Waals surface area contributed by atoms with E-state index in [0.29, 0.717) is 22.7 Å². The molecule has 2 amide bonds. The van der Waals surface area contributed by atoms with Gasteiger partial charge in [-0.25, -0.2) is 9.98 Å². The SMILES string of the molecule is O=C(N[C@H]1N=C(c2ccccc2)c2ccccc2NC1=O)c1ncoc1-c1ccccc1. The van der Waals surface area contributed by atoms with E-state index in [9.17, 15) is 9.59 Å². The number of anilines is 1. The van der Waals surface area contributed by atoms with Crippen LogP contribution in [0.2, 0.25) is 0 Å². The number of aromatic nitrogens is 1. The van der Waals surface area contributed by atoms with Gasteiger partial charge in [0.1, 0.15) is 0 Å². The summed E-state index contributed by atoms with van der Waals surface area (Å²) in [6.45, 7) is 0. The third-order valence-electron chi connectivity index (χ3n) is 5.08. The summed E-state index contributed by atoms with van der Waals surface area (Å²) < 4.78 is 5.45. The number of nitrogens with zero attached hydrogens (tertiary/aromatic N) is 2. The van der Waals surface area contributed by atoms with Crippen molar-refractivity contribution in [3.8, 4) is 11.3 Å². The molecule has 0 radical (unpaired) electrons. The number of oxazole rings is 1. The van der Waals surface area contributed by atoms with Crippen LogP contribution in [0.3, 0.4) is 0 Å². The highest BCUT2D eigenvalue weighted by Crippen LogP contribution is 2.25. The van der Waals surface area contributed by atoms with Gasteiger partial charge in [0.25, 0.3) is 11.8 Å². The third kappa shape index (κ3) is 3.67. The minimum Gasteiger partial charge on any atom is -0.443 e. The van der Waals surface area contributed by atoms with Gasteiger partial charge in [0.15, 0.2) is 17.8 Å². The number of hydrogen-bond acceptors (Lipinski definition) is 5. The monoisotopic (exact) mass is 422 g/mol. The van der Waals surface area contributed by atoms with Crippen LogP contribution in [0.25, 0.3) is 11.3 Å². The van der Waals surface area contributed by atoms with Crippen LogP contribution in [0.5, 0.6) is 0 Å². The second kappa shape index (κ2) is 8.31. The highest BCUT2D eigenvalue weighted by Gasteiger charge is 2.29. The van der Waals surface area contributed by atoms with Crippen molar-refractivity contribution < 1.29 is 14.0 Å². The van der Waals surface area contributed by atoms with Gasteiger partial charge < -0.3 is 15.1 Å².